The molecule has 0 radical (unpaired) electrons. The number of amides is 2. The lowest BCUT2D eigenvalue weighted by atomic mass is 9.99. The minimum absolute atomic E-state index is 0.142. The number of halogens is 1. The second-order valence-corrected chi connectivity index (χ2v) is 19.1. The van der Waals surface area contributed by atoms with E-state index in [0.717, 1.165) is 85.8 Å². The third-order valence-electron chi connectivity index (χ3n) is 11.2. The Labute approximate surface area is 384 Å². The Bertz CT molecular complexity index is 2470. The number of piperazine rings is 1. The smallest absolute Gasteiger partial charge is 0.293 e. The fourth-order valence-corrected chi connectivity index (χ4v) is 9.63. The topological polar surface area (TPSA) is 177 Å². The predicted molar refractivity (Wildman–Crippen MR) is 255 cm³/mol. The number of nitrogens with zero attached hydrogens (tertiary/aromatic N) is 4. The van der Waals surface area contributed by atoms with Crippen molar-refractivity contribution in [3.05, 3.63) is 142 Å². The van der Waals surface area contributed by atoms with Gasteiger partial charge in [-0.1, -0.05) is 54.4 Å². The molecule has 0 aliphatic carbocycles. The van der Waals surface area contributed by atoms with Crippen molar-refractivity contribution in [2.24, 2.45) is 0 Å². The average Bonchev–Trinajstić information content (AvgIpc) is 3.29. The molecule has 338 valence electrons. The lowest BCUT2D eigenvalue weighted by Gasteiger charge is -2.36. The van der Waals surface area contributed by atoms with Gasteiger partial charge in [0.25, 0.3) is 21.6 Å². The molecule has 6 rings (SSSR count). The number of thioether (sulfide) groups is 1. The monoisotopic (exact) mass is 927 g/mol. The van der Waals surface area contributed by atoms with Gasteiger partial charge >= 0.3 is 0 Å². The van der Waals surface area contributed by atoms with Gasteiger partial charge in [0.05, 0.1) is 9.82 Å². The highest BCUT2D eigenvalue weighted by Crippen LogP contribution is 2.31. The third kappa shape index (κ3) is 13.4. The lowest BCUT2D eigenvalue weighted by Crippen LogP contribution is -2.46. The van der Waals surface area contributed by atoms with E-state index in [4.69, 9.17) is 16.8 Å². The van der Waals surface area contributed by atoms with Gasteiger partial charge in [0.15, 0.2) is 0 Å². The summed E-state index contributed by atoms with van der Waals surface area (Å²) in [6.07, 6.45) is 3.49. The summed E-state index contributed by atoms with van der Waals surface area (Å²) in [5.74, 6) is -0.479. The molecule has 1 saturated heterocycles. The number of carbonyl (C=O) groups excluding carboxylic acids is 2. The van der Waals surface area contributed by atoms with Crippen LogP contribution < -0.4 is 25.3 Å². The second-order valence-electron chi connectivity index (χ2n) is 15.8. The molecule has 0 bridgehead atoms. The van der Waals surface area contributed by atoms with Gasteiger partial charge in [-0.25, -0.2) is 18.6 Å². The van der Waals surface area contributed by atoms with Gasteiger partial charge in [-0.3, -0.25) is 29.8 Å². The molecule has 0 saturated carbocycles. The van der Waals surface area contributed by atoms with E-state index in [0.29, 0.717) is 24.3 Å². The number of nitro benzene ring substituents is 1. The van der Waals surface area contributed by atoms with E-state index in [2.05, 4.69) is 55.1 Å². The molecule has 0 spiro atoms. The maximum Gasteiger partial charge on any atom is 0.293 e. The molecule has 17 heteroatoms. The van der Waals surface area contributed by atoms with Crippen LogP contribution in [0.2, 0.25) is 5.02 Å². The predicted octanol–water partition coefficient (Wildman–Crippen LogP) is 8.84. The Morgan fingerprint density at radius 2 is 1.61 bits per heavy atom. The highest BCUT2D eigenvalue weighted by molar-refractivity contribution is 7.99. The van der Waals surface area contributed by atoms with Crippen molar-refractivity contribution in [2.75, 3.05) is 60.6 Å². The number of nitrogens with one attached hydrogen (secondary N) is 3. The Morgan fingerprint density at radius 1 is 0.906 bits per heavy atom. The van der Waals surface area contributed by atoms with Gasteiger partial charge in [-0.05, 0) is 121 Å². The van der Waals surface area contributed by atoms with Crippen LogP contribution in [0.3, 0.4) is 0 Å². The van der Waals surface area contributed by atoms with Crippen molar-refractivity contribution in [3.63, 3.8) is 0 Å². The van der Waals surface area contributed by atoms with Gasteiger partial charge in [0.2, 0.25) is 5.91 Å². The fourth-order valence-electron chi connectivity index (χ4n) is 7.47. The van der Waals surface area contributed by atoms with Crippen molar-refractivity contribution in [1.82, 2.24) is 15.1 Å². The van der Waals surface area contributed by atoms with E-state index in [1.807, 2.05) is 56.4 Å². The number of hydrogen-bond acceptors (Lipinski definition) is 12. The molecular weight excluding hydrogens is 874 g/mol. The summed E-state index contributed by atoms with van der Waals surface area (Å²) < 4.78 is 28.7. The van der Waals surface area contributed by atoms with Crippen LogP contribution in [0.15, 0.2) is 125 Å². The van der Waals surface area contributed by atoms with Gasteiger partial charge in [-0.15, -0.1) is 11.8 Å². The van der Waals surface area contributed by atoms with Crippen LogP contribution >= 0.6 is 23.4 Å². The maximum atomic E-state index is 13.3. The summed E-state index contributed by atoms with van der Waals surface area (Å²) in [6, 6.07) is 34.6. The molecule has 1 fully saturated rings. The molecule has 1 aliphatic heterocycles. The molecule has 0 aromatic heterocycles. The number of hydroxylamine groups is 1. The number of rotatable bonds is 21. The number of unbranched alkanes of at least 4 members (excludes halogenated alkanes) is 2. The largest absolute Gasteiger partial charge is 0.377 e. The molecule has 1 aliphatic rings. The standard InChI is InChI=1S/C47H54ClN7O7S2/c1-34(25-31-63-41-21-19-39(20-22-41)52(2)26-7-3-4-10-46(56)50-58)49-44-24-23-42(32-45(44)55(59)60)64(61,62)51-47(57)36-13-17-40(18-14-36)54-29-27-53(28-30-54)33-37-8-5-6-9-43(37)35-11-15-38(48)16-12-35/h5-6,8-9,11-24,32,34,49,58H,3-4,7,10,25-31,33H2,1-2H3,(H,50,56)(H,51,57)/t34-/m1/s1. The van der Waals surface area contributed by atoms with Crippen LogP contribution in [0.25, 0.3) is 11.1 Å². The van der Waals surface area contributed by atoms with Gasteiger partial charge in [0.1, 0.15) is 5.69 Å². The lowest BCUT2D eigenvalue weighted by molar-refractivity contribution is -0.384. The highest BCUT2D eigenvalue weighted by Gasteiger charge is 2.25. The quantitative estimate of drug-likeness (QED) is 0.0181. The van der Waals surface area contributed by atoms with Crippen molar-refractivity contribution < 1.29 is 28.1 Å². The van der Waals surface area contributed by atoms with Crippen LogP contribution in [0, 0.1) is 10.1 Å². The van der Waals surface area contributed by atoms with Crippen LogP contribution in [-0.4, -0.2) is 86.8 Å². The van der Waals surface area contributed by atoms with E-state index in [-0.39, 0.29) is 23.2 Å². The van der Waals surface area contributed by atoms with Crippen molar-refractivity contribution in [2.45, 2.75) is 61.4 Å². The Hall–Kier alpha value is -5.65. The van der Waals surface area contributed by atoms with Gasteiger partial charge in [-0.2, -0.15) is 0 Å². The van der Waals surface area contributed by atoms with Crippen molar-refractivity contribution >= 4 is 68.0 Å². The zero-order valence-corrected chi connectivity index (χ0v) is 38.3. The first-order chi connectivity index (χ1) is 30.8. The van der Waals surface area contributed by atoms with Crippen LogP contribution in [0.5, 0.6) is 0 Å². The molecular formula is C47H54ClN7O7S2. The summed E-state index contributed by atoms with van der Waals surface area (Å²) >= 11 is 7.78. The summed E-state index contributed by atoms with van der Waals surface area (Å²) in [5.41, 5.74) is 7.08. The highest BCUT2D eigenvalue weighted by atomic mass is 35.5. The summed E-state index contributed by atoms with van der Waals surface area (Å²) in [7, 11) is -2.42. The second kappa shape index (κ2) is 22.8. The number of benzene rings is 5. The van der Waals surface area contributed by atoms with E-state index in [9.17, 15) is 28.1 Å². The van der Waals surface area contributed by atoms with Crippen molar-refractivity contribution in [1.29, 1.82) is 0 Å². The molecule has 5 aromatic carbocycles. The number of hydrogen-bond donors (Lipinski definition) is 4. The molecule has 4 N–H and O–H groups in total. The first kappa shape index (κ1) is 47.8. The van der Waals surface area contributed by atoms with Gasteiger partial charge < -0.3 is 15.1 Å². The molecule has 0 unspecified atom stereocenters. The summed E-state index contributed by atoms with van der Waals surface area (Å²) in [4.78, 5) is 43.3. The Balaban J connectivity index is 0.957. The van der Waals surface area contributed by atoms with Crippen molar-refractivity contribution in [3.8, 4) is 11.1 Å². The molecule has 1 atom stereocenters. The first-order valence-corrected chi connectivity index (χ1v) is 24.0. The van der Waals surface area contributed by atoms with Crippen LogP contribution in [0.1, 0.15) is 54.9 Å². The zero-order valence-electron chi connectivity index (χ0n) is 35.9. The molecule has 5 aromatic rings. The fraction of sp³-hybridized carbons (Fsp3) is 0.319. The minimum atomic E-state index is -4.44. The van der Waals surface area contributed by atoms with Gasteiger partial charge in [0, 0.05) is 91.7 Å². The maximum absolute atomic E-state index is 13.3. The summed E-state index contributed by atoms with van der Waals surface area (Å²) in [5, 5.41) is 24.6. The van der Waals surface area contributed by atoms with E-state index < -0.39 is 31.4 Å². The van der Waals surface area contributed by atoms with E-state index in [1.54, 1.807) is 41.5 Å². The number of nitro groups is 1. The number of sulfonamides is 1. The Morgan fingerprint density at radius 3 is 2.30 bits per heavy atom. The third-order valence-corrected chi connectivity index (χ3v) is 13.8. The number of anilines is 3. The van der Waals surface area contributed by atoms with Crippen LogP contribution in [-0.2, 0) is 21.4 Å². The molecule has 1 heterocycles. The van der Waals surface area contributed by atoms with E-state index in [1.165, 1.54) is 23.3 Å². The molecule has 64 heavy (non-hydrogen) atoms. The normalized spacial score (nSPS) is 13.5. The Kier molecular flexibility index (Phi) is 17.0. The average molecular weight is 929 g/mol. The summed E-state index contributed by atoms with van der Waals surface area (Å²) in [6.45, 7) is 6.77. The SMILES string of the molecule is C[C@H](CCSc1ccc(N(C)CCCCCC(=O)NO)cc1)Nc1ccc(S(=O)(=O)NC(=O)c2ccc(N3CCN(Cc4ccccc4-c4ccc(Cl)cc4)CC3)cc2)cc1[N+](=O)[O-]. The molecule has 2 amide bonds. The zero-order chi connectivity index (χ0) is 45.6. The number of carbonyl (C=O) groups is 2. The first-order valence-electron chi connectivity index (χ1n) is 21.2. The minimum Gasteiger partial charge on any atom is -0.377 e. The van der Waals surface area contributed by atoms with E-state index >= 15 is 0 Å². The van der Waals surface area contributed by atoms with Crippen LogP contribution in [0.4, 0.5) is 22.7 Å². The molecule has 14 nitrogen and oxygen atoms in total.